The van der Waals surface area contributed by atoms with Crippen molar-refractivity contribution in [1.82, 2.24) is 4.98 Å². The minimum Gasteiger partial charge on any atom is -0.322 e. The molecule has 0 radical (unpaired) electrons. The van der Waals surface area contributed by atoms with Gasteiger partial charge in [0.05, 0.1) is 4.90 Å². The smallest absolute Gasteiger partial charge is 0.256 e. The van der Waals surface area contributed by atoms with Crippen LogP contribution in [0.3, 0.4) is 0 Å². The van der Waals surface area contributed by atoms with E-state index in [2.05, 4.69) is 10.3 Å². The Morgan fingerprint density at radius 1 is 1.00 bits per heavy atom. The summed E-state index contributed by atoms with van der Waals surface area (Å²) in [7, 11) is -3.51. The standard InChI is InChI=1S/C23H17FN2O3S2/c1-31(28,29)19-8-9-20(21(14-19)15-4-2-6-17(24)12-15)22(27)26-18-7-3-5-16(13-18)23-25-10-11-30-23/h2-14H,1H3,(H,26,27). The average molecular weight is 453 g/mol. The van der Waals surface area contributed by atoms with E-state index in [1.54, 1.807) is 18.3 Å². The zero-order valence-electron chi connectivity index (χ0n) is 16.4. The van der Waals surface area contributed by atoms with Crippen LogP contribution in [0, 0.1) is 5.82 Å². The first kappa shape index (κ1) is 20.9. The lowest BCUT2D eigenvalue weighted by Gasteiger charge is -2.13. The predicted molar refractivity (Wildman–Crippen MR) is 120 cm³/mol. The highest BCUT2D eigenvalue weighted by Crippen LogP contribution is 2.29. The molecule has 4 rings (SSSR count). The minimum atomic E-state index is -3.51. The molecule has 0 aliphatic carbocycles. The number of thiazole rings is 1. The maximum atomic E-state index is 13.8. The van der Waals surface area contributed by atoms with Gasteiger partial charge in [0.15, 0.2) is 9.84 Å². The molecule has 1 N–H and O–H groups in total. The number of hydrogen-bond donors (Lipinski definition) is 1. The first-order valence-corrected chi connectivity index (χ1v) is 12.0. The highest BCUT2D eigenvalue weighted by atomic mass is 32.2. The van der Waals surface area contributed by atoms with Crippen molar-refractivity contribution in [1.29, 1.82) is 0 Å². The van der Waals surface area contributed by atoms with Crippen LogP contribution in [0.5, 0.6) is 0 Å². The molecular formula is C23H17FN2O3S2. The van der Waals surface area contributed by atoms with Gasteiger partial charge in [0, 0.05) is 34.6 Å². The van der Waals surface area contributed by atoms with Crippen molar-refractivity contribution in [2.75, 3.05) is 11.6 Å². The molecule has 4 aromatic rings. The van der Waals surface area contributed by atoms with Crippen molar-refractivity contribution in [3.05, 3.63) is 89.7 Å². The van der Waals surface area contributed by atoms with E-state index in [9.17, 15) is 17.6 Å². The van der Waals surface area contributed by atoms with Crippen LogP contribution in [0.15, 0.2) is 83.2 Å². The average Bonchev–Trinajstić information content (AvgIpc) is 3.28. The van der Waals surface area contributed by atoms with Crippen LogP contribution in [0.2, 0.25) is 0 Å². The number of benzene rings is 3. The number of hydrogen-bond acceptors (Lipinski definition) is 5. The fraction of sp³-hybridized carbons (Fsp3) is 0.0435. The van der Waals surface area contributed by atoms with Crippen molar-refractivity contribution in [3.63, 3.8) is 0 Å². The zero-order chi connectivity index (χ0) is 22.0. The van der Waals surface area contributed by atoms with Crippen LogP contribution in [0.1, 0.15) is 10.4 Å². The van der Waals surface area contributed by atoms with Crippen LogP contribution in [-0.4, -0.2) is 25.6 Å². The number of nitrogens with one attached hydrogen (secondary N) is 1. The second-order valence-electron chi connectivity index (χ2n) is 6.86. The van der Waals surface area contributed by atoms with Crippen LogP contribution >= 0.6 is 11.3 Å². The van der Waals surface area contributed by atoms with E-state index < -0.39 is 21.6 Å². The van der Waals surface area contributed by atoms with Crippen molar-refractivity contribution in [2.24, 2.45) is 0 Å². The Labute approximate surface area is 183 Å². The molecule has 8 heteroatoms. The number of carbonyl (C=O) groups excluding carboxylic acids is 1. The van der Waals surface area contributed by atoms with Gasteiger partial charge in [0.1, 0.15) is 10.8 Å². The Bertz CT molecular complexity index is 1370. The summed E-state index contributed by atoms with van der Waals surface area (Å²) < 4.78 is 37.9. The van der Waals surface area contributed by atoms with Crippen molar-refractivity contribution >= 4 is 32.8 Å². The lowest BCUT2D eigenvalue weighted by molar-refractivity contribution is 0.102. The molecule has 0 unspecified atom stereocenters. The van der Waals surface area contributed by atoms with Crippen LogP contribution in [0.25, 0.3) is 21.7 Å². The Balaban J connectivity index is 1.73. The molecule has 3 aromatic carbocycles. The summed E-state index contributed by atoms with van der Waals surface area (Å²) in [6, 6.07) is 17.2. The minimum absolute atomic E-state index is 0.0501. The third-order valence-corrected chi connectivity index (χ3v) is 6.53. The largest absolute Gasteiger partial charge is 0.322 e. The predicted octanol–water partition coefficient (Wildman–Crippen LogP) is 5.27. The molecule has 0 aliphatic heterocycles. The number of aromatic nitrogens is 1. The van der Waals surface area contributed by atoms with Crippen LogP contribution in [-0.2, 0) is 9.84 Å². The number of nitrogens with zero attached hydrogens (tertiary/aromatic N) is 1. The SMILES string of the molecule is CS(=O)(=O)c1ccc(C(=O)Nc2cccc(-c3nccs3)c2)c(-c2cccc(F)c2)c1. The maximum absolute atomic E-state index is 13.8. The monoisotopic (exact) mass is 452 g/mol. The lowest BCUT2D eigenvalue weighted by atomic mass is 9.99. The van der Waals surface area contributed by atoms with Crippen LogP contribution in [0.4, 0.5) is 10.1 Å². The zero-order valence-corrected chi connectivity index (χ0v) is 18.0. The highest BCUT2D eigenvalue weighted by Gasteiger charge is 2.18. The van der Waals surface area contributed by atoms with Crippen LogP contribution < -0.4 is 5.32 Å². The molecule has 1 aromatic heterocycles. The lowest BCUT2D eigenvalue weighted by Crippen LogP contribution is -2.14. The Morgan fingerprint density at radius 2 is 1.77 bits per heavy atom. The number of anilines is 1. The first-order chi connectivity index (χ1) is 14.8. The quantitative estimate of drug-likeness (QED) is 0.447. The molecule has 31 heavy (non-hydrogen) atoms. The fourth-order valence-corrected chi connectivity index (χ4v) is 4.42. The summed E-state index contributed by atoms with van der Waals surface area (Å²) in [6.45, 7) is 0. The second-order valence-corrected chi connectivity index (χ2v) is 9.77. The van der Waals surface area contributed by atoms with Gasteiger partial charge >= 0.3 is 0 Å². The third-order valence-electron chi connectivity index (χ3n) is 4.60. The highest BCUT2D eigenvalue weighted by molar-refractivity contribution is 7.90. The van der Waals surface area contributed by atoms with E-state index >= 15 is 0 Å². The summed E-state index contributed by atoms with van der Waals surface area (Å²) in [5.41, 5.74) is 2.40. The van der Waals surface area contributed by atoms with E-state index in [0.29, 0.717) is 16.8 Å². The molecule has 0 aliphatic rings. The van der Waals surface area contributed by atoms with Gasteiger partial charge in [-0.3, -0.25) is 4.79 Å². The van der Waals surface area contributed by atoms with E-state index in [-0.39, 0.29) is 10.5 Å². The molecule has 0 atom stereocenters. The van der Waals surface area contributed by atoms with Gasteiger partial charge in [0.2, 0.25) is 0 Å². The van der Waals surface area contributed by atoms with Gasteiger partial charge in [0.25, 0.3) is 5.91 Å². The number of carbonyl (C=O) groups is 1. The molecule has 1 heterocycles. The molecule has 0 saturated carbocycles. The summed E-state index contributed by atoms with van der Waals surface area (Å²) in [5, 5.41) is 5.54. The molecular weight excluding hydrogens is 435 g/mol. The first-order valence-electron chi connectivity index (χ1n) is 9.22. The van der Waals surface area contributed by atoms with Gasteiger partial charge in [-0.05, 0) is 53.6 Å². The summed E-state index contributed by atoms with van der Waals surface area (Å²) in [6.07, 6.45) is 2.79. The fourth-order valence-electron chi connectivity index (χ4n) is 3.14. The number of sulfone groups is 1. The van der Waals surface area contributed by atoms with E-state index in [1.807, 2.05) is 23.6 Å². The summed E-state index contributed by atoms with van der Waals surface area (Å²) in [4.78, 5) is 17.4. The molecule has 0 spiro atoms. The van der Waals surface area contributed by atoms with Gasteiger partial charge in [-0.1, -0.05) is 24.3 Å². The maximum Gasteiger partial charge on any atom is 0.256 e. The second kappa shape index (κ2) is 8.41. The molecule has 0 saturated heterocycles. The number of amides is 1. The number of rotatable bonds is 5. The molecule has 156 valence electrons. The molecule has 5 nitrogen and oxygen atoms in total. The van der Waals surface area contributed by atoms with Crippen molar-refractivity contribution in [2.45, 2.75) is 4.90 Å². The normalized spacial score (nSPS) is 11.3. The molecule has 0 fully saturated rings. The van der Waals surface area contributed by atoms with Gasteiger partial charge in [-0.2, -0.15) is 0 Å². The summed E-state index contributed by atoms with van der Waals surface area (Å²) in [5.74, 6) is -0.916. The van der Waals surface area contributed by atoms with Crippen molar-refractivity contribution in [3.8, 4) is 21.7 Å². The van der Waals surface area contributed by atoms with Gasteiger partial charge in [-0.25, -0.2) is 17.8 Å². The Kier molecular flexibility index (Phi) is 5.67. The van der Waals surface area contributed by atoms with E-state index in [0.717, 1.165) is 16.8 Å². The van der Waals surface area contributed by atoms with Gasteiger partial charge < -0.3 is 5.32 Å². The molecule has 0 bridgehead atoms. The molecule has 1 amide bonds. The Morgan fingerprint density at radius 3 is 2.48 bits per heavy atom. The van der Waals surface area contributed by atoms with E-state index in [4.69, 9.17) is 0 Å². The third kappa shape index (κ3) is 4.70. The Hall–Kier alpha value is -3.36. The topological polar surface area (TPSA) is 76.1 Å². The van der Waals surface area contributed by atoms with Crippen molar-refractivity contribution < 1.29 is 17.6 Å². The van der Waals surface area contributed by atoms with E-state index in [1.165, 1.54) is 47.7 Å². The summed E-state index contributed by atoms with van der Waals surface area (Å²) >= 11 is 1.49. The van der Waals surface area contributed by atoms with Gasteiger partial charge in [-0.15, -0.1) is 11.3 Å². The number of halogens is 1.